The van der Waals surface area contributed by atoms with E-state index in [9.17, 15) is 4.79 Å². The molecule has 2 aromatic carbocycles. The van der Waals surface area contributed by atoms with Crippen LogP contribution in [-0.4, -0.2) is 26.3 Å². The largest absolute Gasteiger partial charge is 0.480 e. The molecule has 5 heteroatoms. The Balaban J connectivity index is 2.07. The number of carboxylic acid groups (broad SMARTS) is 1. The molecule has 0 aliphatic carbocycles. The quantitative estimate of drug-likeness (QED) is 0.553. The first-order valence-electron chi connectivity index (χ1n) is 7.53. The van der Waals surface area contributed by atoms with E-state index in [1.54, 1.807) is 6.92 Å². The van der Waals surface area contributed by atoms with Crippen LogP contribution in [0.25, 0.3) is 22.5 Å². The van der Waals surface area contributed by atoms with E-state index in [-0.39, 0.29) is 0 Å². The first-order chi connectivity index (χ1) is 11.6. The smallest absolute Gasteiger partial charge is 0.316 e. The van der Waals surface area contributed by atoms with Gasteiger partial charge in [-0.15, -0.1) is 0 Å². The molecule has 0 radical (unpaired) electrons. The predicted molar refractivity (Wildman–Crippen MR) is 95.9 cm³/mol. The fraction of sp³-hybridized carbons (Fsp3) is 0.105. The van der Waals surface area contributed by atoms with Crippen molar-refractivity contribution in [3.63, 3.8) is 0 Å². The van der Waals surface area contributed by atoms with Gasteiger partial charge in [-0.05, 0) is 13.0 Å². The summed E-state index contributed by atoms with van der Waals surface area (Å²) in [7, 11) is 0. The predicted octanol–water partition coefficient (Wildman–Crippen LogP) is 4.38. The summed E-state index contributed by atoms with van der Waals surface area (Å²) in [6.45, 7) is 1.63. The topological polar surface area (TPSA) is 63.1 Å². The number of hydrogen-bond acceptors (Lipinski definition) is 4. The lowest BCUT2D eigenvalue weighted by Gasteiger charge is -2.10. The Hall–Kier alpha value is -2.66. The summed E-state index contributed by atoms with van der Waals surface area (Å²) in [5.41, 5.74) is 3.51. The van der Waals surface area contributed by atoms with E-state index >= 15 is 0 Å². The Morgan fingerprint density at radius 1 is 0.917 bits per heavy atom. The lowest BCUT2D eigenvalue weighted by atomic mass is 10.1. The highest BCUT2D eigenvalue weighted by Crippen LogP contribution is 2.28. The van der Waals surface area contributed by atoms with Gasteiger partial charge in [0.1, 0.15) is 5.25 Å². The second-order valence-electron chi connectivity index (χ2n) is 5.25. The minimum absolute atomic E-state index is 0.463. The fourth-order valence-electron chi connectivity index (χ4n) is 2.20. The van der Waals surface area contributed by atoms with E-state index in [4.69, 9.17) is 5.11 Å². The minimum atomic E-state index is -0.880. The first-order valence-corrected chi connectivity index (χ1v) is 8.41. The van der Waals surface area contributed by atoms with E-state index in [0.29, 0.717) is 5.16 Å². The molecule has 0 saturated carbocycles. The van der Waals surface area contributed by atoms with E-state index in [1.165, 1.54) is 0 Å². The number of thioether (sulfide) groups is 1. The highest BCUT2D eigenvalue weighted by molar-refractivity contribution is 8.00. The van der Waals surface area contributed by atoms with Gasteiger partial charge in [0.15, 0.2) is 5.16 Å². The van der Waals surface area contributed by atoms with E-state index in [2.05, 4.69) is 9.97 Å². The number of benzene rings is 2. The van der Waals surface area contributed by atoms with Crippen LogP contribution in [0.3, 0.4) is 0 Å². The molecule has 0 amide bonds. The van der Waals surface area contributed by atoms with Crippen molar-refractivity contribution in [1.29, 1.82) is 0 Å². The molecule has 1 atom stereocenters. The van der Waals surface area contributed by atoms with Gasteiger partial charge in [0.05, 0.1) is 11.4 Å². The molecule has 1 N–H and O–H groups in total. The van der Waals surface area contributed by atoms with Crippen molar-refractivity contribution in [2.45, 2.75) is 17.3 Å². The average Bonchev–Trinajstić information content (AvgIpc) is 2.63. The maximum atomic E-state index is 11.1. The minimum Gasteiger partial charge on any atom is -0.480 e. The molecule has 1 heterocycles. The number of hydrogen-bond donors (Lipinski definition) is 1. The Morgan fingerprint density at radius 2 is 1.38 bits per heavy atom. The van der Waals surface area contributed by atoms with E-state index in [0.717, 1.165) is 34.3 Å². The van der Waals surface area contributed by atoms with Crippen molar-refractivity contribution < 1.29 is 9.90 Å². The third-order valence-electron chi connectivity index (χ3n) is 3.47. The maximum absolute atomic E-state index is 11.1. The van der Waals surface area contributed by atoms with Gasteiger partial charge in [-0.25, -0.2) is 9.97 Å². The Labute approximate surface area is 144 Å². The second-order valence-corrected chi connectivity index (χ2v) is 6.56. The van der Waals surface area contributed by atoms with Crippen LogP contribution in [0, 0.1) is 0 Å². The van der Waals surface area contributed by atoms with Gasteiger partial charge in [-0.1, -0.05) is 72.4 Å². The molecule has 3 rings (SSSR count). The Bertz CT molecular complexity index is 781. The molecule has 0 bridgehead atoms. The third-order valence-corrected chi connectivity index (χ3v) is 4.42. The van der Waals surface area contributed by atoms with Crippen molar-refractivity contribution in [1.82, 2.24) is 9.97 Å². The molecule has 0 aliphatic heterocycles. The summed E-state index contributed by atoms with van der Waals surface area (Å²) >= 11 is 1.15. The molecule has 0 fully saturated rings. The monoisotopic (exact) mass is 336 g/mol. The van der Waals surface area contributed by atoms with Crippen LogP contribution in [-0.2, 0) is 4.79 Å². The molecule has 0 spiro atoms. The lowest BCUT2D eigenvalue weighted by Crippen LogP contribution is -2.12. The summed E-state index contributed by atoms with van der Waals surface area (Å²) in [6, 6.07) is 21.5. The summed E-state index contributed by atoms with van der Waals surface area (Å²) < 4.78 is 0. The van der Waals surface area contributed by atoms with Crippen molar-refractivity contribution in [3.05, 3.63) is 66.7 Å². The van der Waals surface area contributed by atoms with Gasteiger partial charge in [-0.2, -0.15) is 0 Å². The molecule has 3 aromatic rings. The van der Waals surface area contributed by atoms with Crippen molar-refractivity contribution in [2.24, 2.45) is 0 Å². The number of aliphatic carboxylic acids is 1. The van der Waals surface area contributed by atoms with Crippen LogP contribution in [0.2, 0.25) is 0 Å². The van der Waals surface area contributed by atoms with Crippen molar-refractivity contribution in [2.75, 3.05) is 0 Å². The van der Waals surface area contributed by atoms with Crippen molar-refractivity contribution >= 4 is 17.7 Å². The SMILES string of the molecule is C[C@H](Sc1nc(-c2ccccc2)cc(-c2ccccc2)n1)C(=O)O. The van der Waals surface area contributed by atoms with Gasteiger partial charge in [0.25, 0.3) is 0 Å². The Morgan fingerprint density at radius 3 is 1.79 bits per heavy atom. The van der Waals surface area contributed by atoms with Crippen LogP contribution in [0.5, 0.6) is 0 Å². The van der Waals surface area contributed by atoms with E-state index < -0.39 is 11.2 Å². The summed E-state index contributed by atoms with van der Waals surface area (Å²) in [6.07, 6.45) is 0. The summed E-state index contributed by atoms with van der Waals surface area (Å²) in [5.74, 6) is -0.880. The normalized spacial score (nSPS) is 11.9. The molecular formula is C19H16N2O2S. The van der Waals surface area contributed by atoms with E-state index in [1.807, 2.05) is 66.7 Å². The van der Waals surface area contributed by atoms with Gasteiger partial charge in [0, 0.05) is 11.1 Å². The first kappa shape index (κ1) is 16.2. The maximum Gasteiger partial charge on any atom is 0.316 e. The van der Waals surface area contributed by atoms with Gasteiger partial charge < -0.3 is 5.11 Å². The molecular weight excluding hydrogens is 320 g/mol. The summed E-state index contributed by atoms with van der Waals surface area (Å²) in [5, 5.41) is 8.99. The number of aromatic nitrogens is 2. The Kier molecular flexibility index (Phi) is 4.91. The highest BCUT2D eigenvalue weighted by atomic mass is 32.2. The number of nitrogens with zero attached hydrogens (tertiary/aromatic N) is 2. The van der Waals surface area contributed by atoms with Crippen LogP contribution >= 0.6 is 11.8 Å². The number of carbonyl (C=O) groups is 1. The van der Waals surface area contributed by atoms with Gasteiger partial charge >= 0.3 is 5.97 Å². The van der Waals surface area contributed by atoms with Gasteiger partial charge in [0.2, 0.25) is 0 Å². The number of carboxylic acids is 1. The summed E-state index contributed by atoms with van der Waals surface area (Å²) in [4.78, 5) is 20.2. The fourth-order valence-corrected chi connectivity index (χ4v) is 2.92. The lowest BCUT2D eigenvalue weighted by molar-refractivity contribution is -0.136. The van der Waals surface area contributed by atoms with Crippen LogP contribution in [0.1, 0.15) is 6.92 Å². The number of rotatable bonds is 5. The van der Waals surface area contributed by atoms with Gasteiger partial charge in [-0.3, -0.25) is 4.79 Å². The van der Waals surface area contributed by atoms with Crippen LogP contribution in [0.4, 0.5) is 0 Å². The van der Waals surface area contributed by atoms with Crippen LogP contribution < -0.4 is 0 Å². The standard InChI is InChI=1S/C19H16N2O2S/c1-13(18(22)23)24-19-20-16(14-8-4-2-5-9-14)12-17(21-19)15-10-6-3-7-11-15/h2-13H,1H3,(H,22,23)/t13-/m0/s1. The molecule has 0 unspecified atom stereocenters. The highest BCUT2D eigenvalue weighted by Gasteiger charge is 2.16. The molecule has 0 aliphatic rings. The van der Waals surface area contributed by atoms with Crippen LogP contribution in [0.15, 0.2) is 71.9 Å². The molecule has 120 valence electrons. The second kappa shape index (κ2) is 7.27. The third kappa shape index (κ3) is 3.81. The molecule has 4 nitrogen and oxygen atoms in total. The zero-order valence-corrected chi connectivity index (χ0v) is 13.9. The molecule has 24 heavy (non-hydrogen) atoms. The van der Waals surface area contributed by atoms with Crippen molar-refractivity contribution in [3.8, 4) is 22.5 Å². The zero-order chi connectivity index (χ0) is 16.9. The zero-order valence-electron chi connectivity index (χ0n) is 13.1. The molecule has 0 saturated heterocycles. The molecule has 1 aromatic heterocycles. The average molecular weight is 336 g/mol.